The summed E-state index contributed by atoms with van der Waals surface area (Å²) in [5.74, 6) is 0.574. The van der Waals surface area contributed by atoms with Gasteiger partial charge >= 0.3 is 0 Å². The summed E-state index contributed by atoms with van der Waals surface area (Å²) in [6.45, 7) is 1.93. The van der Waals surface area contributed by atoms with Gasteiger partial charge in [0, 0.05) is 6.07 Å². The maximum atomic E-state index is 9.77. The highest BCUT2D eigenvalue weighted by Crippen LogP contribution is 2.32. The highest BCUT2D eigenvalue weighted by Gasteiger charge is 2.02. The number of aryl methyl sites for hydroxylation is 1. The lowest BCUT2D eigenvalue weighted by atomic mass is 10.2. The van der Waals surface area contributed by atoms with Crippen molar-refractivity contribution in [2.24, 2.45) is 30.7 Å². The normalized spacial score (nSPS) is 11.6. The van der Waals surface area contributed by atoms with Crippen LogP contribution in [0.5, 0.6) is 17.2 Å². The maximum Gasteiger partial charge on any atom is 0.146 e. The third-order valence-electron chi connectivity index (χ3n) is 4.89. The molecule has 2 N–H and O–H groups in total. The third-order valence-corrected chi connectivity index (χ3v) is 4.89. The molecule has 0 fully saturated rings. The molecule has 0 aromatic heterocycles. The Bertz CT molecular complexity index is 1400. The molecule has 174 valence electrons. The van der Waals surface area contributed by atoms with Crippen LogP contribution in [0.15, 0.2) is 116 Å². The standard InChI is InChI=1S/C26H22N6O3/c1-17-15-21(30-27-20-7-11-23(35-2)12-8-20)9-13-24(17)31-28-18-3-5-19(6-4-18)29-32-25-14-10-22(33)16-26(25)34/h3-16,33-34H,1-2H3. The Labute approximate surface area is 201 Å². The zero-order valence-corrected chi connectivity index (χ0v) is 19.1. The molecule has 0 aliphatic rings. The van der Waals surface area contributed by atoms with E-state index in [1.165, 1.54) is 18.2 Å². The largest absolute Gasteiger partial charge is 0.508 e. The second kappa shape index (κ2) is 10.8. The van der Waals surface area contributed by atoms with Crippen LogP contribution in [-0.2, 0) is 0 Å². The van der Waals surface area contributed by atoms with Crippen LogP contribution in [0.3, 0.4) is 0 Å². The number of phenols is 2. The summed E-state index contributed by atoms with van der Waals surface area (Å²) in [6, 6.07) is 24.0. The van der Waals surface area contributed by atoms with Crippen LogP contribution in [0.25, 0.3) is 0 Å². The minimum atomic E-state index is -0.150. The maximum absolute atomic E-state index is 9.77. The monoisotopic (exact) mass is 466 g/mol. The van der Waals surface area contributed by atoms with E-state index in [9.17, 15) is 10.2 Å². The van der Waals surface area contributed by atoms with E-state index in [0.29, 0.717) is 17.1 Å². The van der Waals surface area contributed by atoms with Crippen LogP contribution in [0.2, 0.25) is 0 Å². The van der Waals surface area contributed by atoms with Crippen molar-refractivity contribution >= 4 is 34.1 Å². The van der Waals surface area contributed by atoms with Crippen molar-refractivity contribution in [1.29, 1.82) is 0 Å². The molecule has 0 aliphatic carbocycles. The lowest BCUT2D eigenvalue weighted by molar-refractivity contribution is 0.415. The molecule has 4 aromatic carbocycles. The van der Waals surface area contributed by atoms with Crippen molar-refractivity contribution in [3.63, 3.8) is 0 Å². The zero-order chi connectivity index (χ0) is 24.6. The Kier molecular flexibility index (Phi) is 7.17. The van der Waals surface area contributed by atoms with Crippen LogP contribution < -0.4 is 4.74 Å². The summed E-state index contributed by atoms with van der Waals surface area (Å²) >= 11 is 0. The fourth-order valence-corrected chi connectivity index (χ4v) is 2.98. The van der Waals surface area contributed by atoms with Crippen LogP contribution in [0.4, 0.5) is 34.1 Å². The molecule has 0 aliphatic heterocycles. The van der Waals surface area contributed by atoms with Gasteiger partial charge in [0.05, 0.1) is 35.5 Å². The summed E-state index contributed by atoms with van der Waals surface area (Å²) in [5.41, 5.74) is 4.58. The summed E-state index contributed by atoms with van der Waals surface area (Å²) in [5, 5.41) is 44.3. The Morgan fingerprint density at radius 3 is 1.60 bits per heavy atom. The number of aromatic hydroxyl groups is 2. The average molecular weight is 467 g/mol. The SMILES string of the molecule is COc1ccc(N=Nc2ccc(N=Nc3ccc(N=Nc4ccc(O)cc4O)cc3)c(C)c2)cc1. The summed E-state index contributed by atoms with van der Waals surface area (Å²) in [4.78, 5) is 0. The molecule has 0 amide bonds. The number of hydrogen-bond acceptors (Lipinski definition) is 9. The number of ether oxygens (including phenoxy) is 1. The minimum absolute atomic E-state index is 0.0426. The second-order valence-corrected chi connectivity index (χ2v) is 7.46. The van der Waals surface area contributed by atoms with E-state index in [-0.39, 0.29) is 17.2 Å². The van der Waals surface area contributed by atoms with Crippen molar-refractivity contribution in [1.82, 2.24) is 0 Å². The van der Waals surface area contributed by atoms with E-state index >= 15 is 0 Å². The van der Waals surface area contributed by atoms with E-state index < -0.39 is 0 Å². The van der Waals surface area contributed by atoms with Crippen molar-refractivity contribution < 1.29 is 14.9 Å². The molecule has 0 unspecified atom stereocenters. The van der Waals surface area contributed by atoms with Gasteiger partial charge in [-0.15, -0.1) is 5.11 Å². The molecule has 4 aromatic rings. The first kappa shape index (κ1) is 23.2. The second-order valence-electron chi connectivity index (χ2n) is 7.46. The fourth-order valence-electron chi connectivity index (χ4n) is 2.98. The minimum Gasteiger partial charge on any atom is -0.508 e. The summed E-state index contributed by atoms with van der Waals surface area (Å²) < 4.78 is 5.14. The first-order chi connectivity index (χ1) is 17.0. The number of nitrogens with zero attached hydrogens (tertiary/aromatic N) is 6. The van der Waals surface area contributed by atoms with Crippen molar-refractivity contribution in [3.8, 4) is 17.2 Å². The average Bonchev–Trinajstić information content (AvgIpc) is 2.87. The first-order valence-corrected chi connectivity index (χ1v) is 10.6. The molecule has 0 saturated heterocycles. The van der Waals surface area contributed by atoms with Crippen LogP contribution >= 0.6 is 0 Å². The highest BCUT2D eigenvalue weighted by molar-refractivity contribution is 5.56. The molecule has 0 bridgehead atoms. The molecule has 9 nitrogen and oxygen atoms in total. The third kappa shape index (κ3) is 6.32. The molecule has 9 heteroatoms. The Morgan fingerprint density at radius 1 is 0.543 bits per heavy atom. The molecule has 0 atom stereocenters. The van der Waals surface area contributed by atoms with Crippen LogP contribution in [0, 0.1) is 6.92 Å². The lowest BCUT2D eigenvalue weighted by Gasteiger charge is -2.01. The van der Waals surface area contributed by atoms with Crippen LogP contribution in [-0.4, -0.2) is 17.3 Å². The van der Waals surface area contributed by atoms with Crippen molar-refractivity contribution in [3.05, 3.63) is 90.5 Å². The van der Waals surface area contributed by atoms with Gasteiger partial charge in [0.25, 0.3) is 0 Å². The van der Waals surface area contributed by atoms with Gasteiger partial charge in [0.2, 0.25) is 0 Å². The van der Waals surface area contributed by atoms with Gasteiger partial charge < -0.3 is 14.9 Å². The number of benzene rings is 4. The predicted molar refractivity (Wildman–Crippen MR) is 133 cm³/mol. The Hall–Kier alpha value is -4.92. The molecular weight excluding hydrogens is 444 g/mol. The Balaban J connectivity index is 1.40. The van der Waals surface area contributed by atoms with E-state index in [4.69, 9.17) is 4.74 Å². The van der Waals surface area contributed by atoms with Gasteiger partial charge in [-0.05, 0) is 91.3 Å². The quantitative estimate of drug-likeness (QED) is 0.265. The molecule has 0 heterocycles. The van der Waals surface area contributed by atoms with Crippen molar-refractivity contribution in [2.75, 3.05) is 7.11 Å². The van der Waals surface area contributed by atoms with E-state index in [1.54, 1.807) is 31.4 Å². The fraction of sp³-hybridized carbons (Fsp3) is 0.0769. The molecule has 0 saturated carbocycles. The molecule has 4 rings (SSSR count). The van der Waals surface area contributed by atoms with E-state index in [1.807, 2.05) is 49.4 Å². The molecule has 0 spiro atoms. The van der Waals surface area contributed by atoms with Crippen molar-refractivity contribution in [2.45, 2.75) is 6.92 Å². The Morgan fingerprint density at radius 2 is 1.03 bits per heavy atom. The first-order valence-electron chi connectivity index (χ1n) is 10.6. The molecule has 0 radical (unpaired) electrons. The van der Waals surface area contributed by atoms with E-state index in [2.05, 4.69) is 30.7 Å². The lowest BCUT2D eigenvalue weighted by Crippen LogP contribution is -1.79. The van der Waals surface area contributed by atoms with Gasteiger partial charge in [0.1, 0.15) is 22.9 Å². The molecular formula is C26H22N6O3. The smallest absolute Gasteiger partial charge is 0.146 e. The number of methoxy groups -OCH3 is 1. The number of hydrogen-bond donors (Lipinski definition) is 2. The van der Waals surface area contributed by atoms with Gasteiger partial charge in [-0.2, -0.15) is 25.6 Å². The topological polar surface area (TPSA) is 124 Å². The van der Waals surface area contributed by atoms with Gasteiger partial charge in [0.15, 0.2) is 0 Å². The van der Waals surface area contributed by atoms with Gasteiger partial charge in [-0.3, -0.25) is 0 Å². The van der Waals surface area contributed by atoms with Gasteiger partial charge in [-0.25, -0.2) is 0 Å². The summed E-state index contributed by atoms with van der Waals surface area (Å²) in [7, 11) is 1.62. The zero-order valence-electron chi connectivity index (χ0n) is 19.1. The van der Waals surface area contributed by atoms with E-state index in [0.717, 1.165) is 22.7 Å². The highest BCUT2D eigenvalue weighted by atomic mass is 16.5. The molecule has 35 heavy (non-hydrogen) atoms. The number of rotatable bonds is 7. The number of phenolic OH excluding ortho intramolecular Hbond substituents is 2. The van der Waals surface area contributed by atoms with Crippen LogP contribution in [0.1, 0.15) is 5.56 Å². The number of azo groups is 3. The van der Waals surface area contributed by atoms with Gasteiger partial charge in [-0.1, -0.05) is 0 Å². The predicted octanol–water partition coefficient (Wildman–Crippen LogP) is 8.66. The summed E-state index contributed by atoms with van der Waals surface area (Å²) in [6.07, 6.45) is 0.